The van der Waals surface area contributed by atoms with Gasteiger partial charge in [0.05, 0.1) is 12.7 Å². The van der Waals surface area contributed by atoms with Crippen molar-refractivity contribution in [3.05, 3.63) is 47.0 Å². The Hall–Kier alpha value is -2.21. The lowest BCUT2D eigenvalue weighted by molar-refractivity contribution is -0.137. The van der Waals surface area contributed by atoms with E-state index in [9.17, 15) is 13.2 Å². The molecule has 1 fully saturated rings. The summed E-state index contributed by atoms with van der Waals surface area (Å²) in [6.07, 6.45) is -1.32. The Kier molecular flexibility index (Phi) is 4.73. The highest BCUT2D eigenvalue weighted by Crippen LogP contribution is 2.51. The molecule has 0 bridgehead atoms. The van der Waals surface area contributed by atoms with Gasteiger partial charge in [0.2, 0.25) is 0 Å². The van der Waals surface area contributed by atoms with E-state index in [0.717, 1.165) is 51.5 Å². The maximum Gasteiger partial charge on any atom is 0.417 e. The number of alkyl halides is 3. The van der Waals surface area contributed by atoms with Crippen LogP contribution in [-0.2, 0) is 12.6 Å². The average Bonchev–Trinajstić information content (AvgIpc) is 3.07. The SMILES string of the molecule is CCN1CC[C@H]2[C@@H](C1)c1cc(-c3ccc(OC)cc3C(F)(F)F)cc3c1N2CCC3. The third-order valence-corrected chi connectivity index (χ3v) is 7.10. The van der Waals surface area contributed by atoms with Gasteiger partial charge in [-0.25, -0.2) is 0 Å². The highest BCUT2D eigenvalue weighted by atomic mass is 19.4. The Morgan fingerprint density at radius 3 is 2.70 bits per heavy atom. The van der Waals surface area contributed by atoms with Gasteiger partial charge in [0.15, 0.2) is 0 Å². The summed E-state index contributed by atoms with van der Waals surface area (Å²) in [4.78, 5) is 5.02. The number of halogens is 3. The minimum atomic E-state index is -4.43. The predicted octanol–water partition coefficient (Wildman–Crippen LogP) is 5.33. The van der Waals surface area contributed by atoms with E-state index in [-0.39, 0.29) is 11.3 Å². The topological polar surface area (TPSA) is 15.7 Å². The molecule has 0 spiro atoms. The number of hydrogen-bond acceptors (Lipinski definition) is 3. The quantitative estimate of drug-likeness (QED) is 0.673. The van der Waals surface area contributed by atoms with Crippen molar-refractivity contribution in [3.8, 4) is 16.9 Å². The Balaban J connectivity index is 1.66. The summed E-state index contributed by atoms with van der Waals surface area (Å²) in [5, 5.41) is 0. The van der Waals surface area contributed by atoms with Crippen LogP contribution < -0.4 is 9.64 Å². The van der Waals surface area contributed by atoms with E-state index < -0.39 is 11.7 Å². The standard InChI is InChI=1S/C24H27F3N2O/c1-3-28-10-8-22-20(14-28)19-12-16(11-15-5-4-9-29(22)23(15)19)18-7-6-17(30-2)13-21(18)24(25,26)27/h6-7,11-13,20,22H,3-5,8-10,14H2,1-2H3/t20-,22-/m0/s1. The summed E-state index contributed by atoms with van der Waals surface area (Å²) in [5.74, 6) is 0.601. The summed E-state index contributed by atoms with van der Waals surface area (Å²) in [7, 11) is 1.39. The highest BCUT2D eigenvalue weighted by molar-refractivity contribution is 5.78. The summed E-state index contributed by atoms with van der Waals surface area (Å²) in [5.41, 5.74) is 4.04. The normalized spacial score (nSPS) is 23.3. The molecule has 6 heteroatoms. The van der Waals surface area contributed by atoms with Crippen LogP contribution in [0.15, 0.2) is 30.3 Å². The molecule has 0 N–H and O–H groups in total. The van der Waals surface area contributed by atoms with Gasteiger partial charge in [0.1, 0.15) is 5.75 Å². The van der Waals surface area contributed by atoms with Crippen LogP contribution in [0.4, 0.5) is 18.9 Å². The van der Waals surface area contributed by atoms with Crippen molar-refractivity contribution in [2.45, 2.75) is 44.3 Å². The smallest absolute Gasteiger partial charge is 0.417 e. The number of methoxy groups -OCH3 is 1. The van der Waals surface area contributed by atoms with Crippen molar-refractivity contribution < 1.29 is 17.9 Å². The van der Waals surface area contributed by atoms with E-state index in [0.29, 0.717) is 17.5 Å². The van der Waals surface area contributed by atoms with Gasteiger partial charge in [-0.3, -0.25) is 0 Å². The molecule has 3 nitrogen and oxygen atoms in total. The van der Waals surface area contributed by atoms with E-state index in [4.69, 9.17) is 4.74 Å². The van der Waals surface area contributed by atoms with Gasteiger partial charge in [-0.15, -0.1) is 0 Å². The van der Waals surface area contributed by atoms with Crippen LogP contribution in [-0.4, -0.2) is 44.2 Å². The van der Waals surface area contributed by atoms with Gasteiger partial charge in [0.25, 0.3) is 0 Å². The number of rotatable bonds is 3. The zero-order valence-electron chi connectivity index (χ0n) is 17.4. The maximum atomic E-state index is 13.9. The molecule has 0 aliphatic carbocycles. The summed E-state index contributed by atoms with van der Waals surface area (Å²) in [6.45, 7) is 6.34. The van der Waals surface area contributed by atoms with Crippen LogP contribution in [0.2, 0.25) is 0 Å². The number of piperidine rings is 1. The molecule has 5 rings (SSSR count). The van der Waals surface area contributed by atoms with Gasteiger partial charge in [-0.2, -0.15) is 13.2 Å². The Morgan fingerprint density at radius 2 is 1.97 bits per heavy atom. The van der Waals surface area contributed by atoms with Crippen molar-refractivity contribution >= 4 is 5.69 Å². The first-order valence-corrected chi connectivity index (χ1v) is 10.8. The number of fused-ring (bicyclic) bond motifs is 3. The van der Waals surface area contributed by atoms with Gasteiger partial charge in [-0.05, 0) is 72.3 Å². The molecule has 0 radical (unpaired) electrons. The Bertz CT molecular complexity index is 972. The lowest BCUT2D eigenvalue weighted by atomic mass is 9.86. The number of likely N-dealkylation sites (N-methyl/N-ethyl adjacent to an activating group) is 1. The van der Waals surface area contributed by atoms with Gasteiger partial charge < -0.3 is 14.5 Å². The number of likely N-dealkylation sites (tertiary alicyclic amines) is 1. The minimum Gasteiger partial charge on any atom is -0.497 e. The summed E-state index contributed by atoms with van der Waals surface area (Å²) in [6, 6.07) is 8.81. The molecule has 2 aromatic carbocycles. The van der Waals surface area contributed by atoms with Gasteiger partial charge in [-0.1, -0.05) is 13.0 Å². The van der Waals surface area contributed by atoms with Gasteiger partial charge in [0, 0.05) is 37.3 Å². The highest BCUT2D eigenvalue weighted by Gasteiger charge is 2.44. The van der Waals surface area contributed by atoms with Crippen molar-refractivity contribution in [3.63, 3.8) is 0 Å². The average molecular weight is 416 g/mol. The molecule has 1 saturated heterocycles. The van der Waals surface area contributed by atoms with Crippen LogP contribution in [0.1, 0.15) is 42.4 Å². The maximum absolute atomic E-state index is 13.9. The van der Waals surface area contributed by atoms with E-state index in [1.807, 2.05) is 12.1 Å². The second-order valence-corrected chi connectivity index (χ2v) is 8.64. The molecule has 160 valence electrons. The third kappa shape index (κ3) is 3.08. The monoisotopic (exact) mass is 416 g/mol. The molecule has 2 aromatic rings. The van der Waals surface area contributed by atoms with E-state index in [1.165, 1.54) is 23.9 Å². The number of aryl methyl sites for hydroxylation is 1. The molecule has 3 heterocycles. The summed E-state index contributed by atoms with van der Waals surface area (Å²) >= 11 is 0. The molecule has 0 aromatic heterocycles. The number of benzene rings is 2. The number of hydrogen-bond donors (Lipinski definition) is 0. The zero-order chi connectivity index (χ0) is 21.0. The van der Waals surface area contributed by atoms with Crippen LogP contribution in [0.5, 0.6) is 5.75 Å². The van der Waals surface area contributed by atoms with Crippen LogP contribution in [0.3, 0.4) is 0 Å². The van der Waals surface area contributed by atoms with Crippen LogP contribution in [0.25, 0.3) is 11.1 Å². The molecule has 30 heavy (non-hydrogen) atoms. The second-order valence-electron chi connectivity index (χ2n) is 8.64. The first-order valence-electron chi connectivity index (χ1n) is 10.8. The number of nitrogens with zero attached hydrogens (tertiary/aromatic N) is 2. The Labute approximate surface area is 175 Å². The third-order valence-electron chi connectivity index (χ3n) is 7.10. The molecule has 2 atom stereocenters. The first kappa shape index (κ1) is 19.7. The summed E-state index contributed by atoms with van der Waals surface area (Å²) < 4.78 is 46.7. The predicted molar refractivity (Wildman–Crippen MR) is 112 cm³/mol. The largest absolute Gasteiger partial charge is 0.497 e. The number of ether oxygens (including phenoxy) is 1. The second kappa shape index (κ2) is 7.19. The van der Waals surface area contributed by atoms with Crippen molar-refractivity contribution in [2.75, 3.05) is 38.2 Å². The fourth-order valence-corrected chi connectivity index (χ4v) is 5.69. The lowest BCUT2D eigenvalue weighted by Gasteiger charge is -2.39. The Morgan fingerprint density at radius 1 is 1.13 bits per heavy atom. The van der Waals surface area contributed by atoms with E-state index >= 15 is 0 Å². The van der Waals surface area contributed by atoms with Crippen LogP contribution in [0, 0.1) is 0 Å². The molecule has 0 saturated carbocycles. The zero-order valence-corrected chi connectivity index (χ0v) is 17.4. The first-order chi connectivity index (χ1) is 14.4. The fraction of sp³-hybridized carbons (Fsp3) is 0.500. The van der Waals surface area contributed by atoms with Gasteiger partial charge >= 0.3 is 6.18 Å². The lowest BCUT2D eigenvalue weighted by Crippen LogP contribution is -2.47. The van der Waals surface area contributed by atoms with E-state index in [2.05, 4.69) is 16.7 Å². The van der Waals surface area contributed by atoms with Crippen molar-refractivity contribution in [1.82, 2.24) is 4.90 Å². The van der Waals surface area contributed by atoms with Crippen LogP contribution >= 0.6 is 0 Å². The molecule has 0 unspecified atom stereocenters. The minimum absolute atomic E-state index is 0.227. The molecular formula is C24H27F3N2O. The van der Waals surface area contributed by atoms with E-state index in [1.54, 1.807) is 12.1 Å². The fourth-order valence-electron chi connectivity index (χ4n) is 5.69. The number of anilines is 1. The molecule has 0 amide bonds. The molecule has 3 aliphatic rings. The molecule has 3 aliphatic heterocycles. The van der Waals surface area contributed by atoms with Crippen molar-refractivity contribution in [2.24, 2.45) is 0 Å². The molecular weight excluding hydrogens is 389 g/mol. The van der Waals surface area contributed by atoms with Crippen molar-refractivity contribution in [1.29, 1.82) is 0 Å².